The van der Waals surface area contributed by atoms with Crippen molar-refractivity contribution in [2.24, 2.45) is 0 Å². The van der Waals surface area contributed by atoms with E-state index in [-0.39, 0.29) is 5.91 Å². The van der Waals surface area contributed by atoms with Gasteiger partial charge in [-0.2, -0.15) is 0 Å². The summed E-state index contributed by atoms with van der Waals surface area (Å²) in [5.74, 6) is 0.858. The highest BCUT2D eigenvalue weighted by Gasteiger charge is 2.26. The van der Waals surface area contributed by atoms with E-state index < -0.39 is 0 Å². The SMILES string of the molecule is COc1ccc(NC2CCN(C(=O)c3ncccc3-c3ccc(CN4C[C@@H](C)N[C@@H](C)C4)cc3)CC2)cc1. The molecule has 0 saturated carbocycles. The highest BCUT2D eigenvalue weighted by molar-refractivity contribution is 5.99. The average molecular weight is 514 g/mol. The minimum Gasteiger partial charge on any atom is -0.497 e. The van der Waals surface area contributed by atoms with Crippen molar-refractivity contribution in [2.45, 2.75) is 51.4 Å². The molecule has 1 aromatic heterocycles. The summed E-state index contributed by atoms with van der Waals surface area (Å²) in [6.07, 6.45) is 3.52. The number of piperazine rings is 1. The molecule has 0 unspecified atom stereocenters. The van der Waals surface area contributed by atoms with Crippen molar-refractivity contribution in [3.8, 4) is 16.9 Å². The van der Waals surface area contributed by atoms with Gasteiger partial charge in [-0.25, -0.2) is 0 Å². The zero-order chi connectivity index (χ0) is 26.5. The molecular weight excluding hydrogens is 474 g/mol. The van der Waals surface area contributed by atoms with E-state index >= 15 is 0 Å². The fraction of sp³-hybridized carbons (Fsp3) is 0.419. The molecule has 2 saturated heterocycles. The topological polar surface area (TPSA) is 69.7 Å². The molecular formula is C31H39N5O2. The molecule has 0 radical (unpaired) electrons. The standard InChI is InChI=1S/C31H39N5O2/c1-22-19-35(20-23(2)33-22)21-24-6-8-25(9-7-24)29-5-4-16-32-30(29)31(37)36-17-14-27(15-18-36)34-26-10-12-28(38-3)13-11-26/h4-13,16,22-23,27,33-34H,14-15,17-21H2,1-3H3/t22-,23+. The molecule has 2 aliphatic rings. The minimum atomic E-state index is 0.0105. The lowest BCUT2D eigenvalue weighted by molar-refractivity contribution is 0.0713. The van der Waals surface area contributed by atoms with Gasteiger partial charge in [-0.3, -0.25) is 14.7 Å². The van der Waals surface area contributed by atoms with E-state index in [2.05, 4.69) is 58.6 Å². The summed E-state index contributed by atoms with van der Waals surface area (Å²) >= 11 is 0. The number of pyridine rings is 1. The van der Waals surface area contributed by atoms with Crippen LogP contribution in [0.15, 0.2) is 66.9 Å². The maximum Gasteiger partial charge on any atom is 0.273 e. The minimum absolute atomic E-state index is 0.0105. The van der Waals surface area contributed by atoms with Gasteiger partial charge in [-0.15, -0.1) is 0 Å². The molecule has 2 N–H and O–H groups in total. The number of amides is 1. The third-order valence-corrected chi connectivity index (χ3v) is 7.56. The average Bonchev–Trinajstić information content (AvgIpc) is 2.93. The molecule has 5 rings (SSSR count). The fourth-order valence-electron chi connectivity index (χ4n) is 5.73. The maximum atomic E-state index is 13.5. The zero-order valence-electron chi connectivity index (χ0n) is 22.7. The number of nitrogens with one attached hydrogen (secondary N) is 2. The van der Waals surface area contributed by atoms with Gasteiger partial charge < -0.3 is 20.3 Å². The quantitative estimate of drug-likeness (QED) is 0.479. The molecule has 0 aliphatic carbocycles. The van der Waals surface area contributed by atoms with Crippen LogP contribution in [0.4, 0.5) is 5.69 Å². The molecule has 2 aromatic carbocycles. The van der Waals surface area contributed by atoms with Crippen molar-refractivity contribution in [3.05, 3.63) is 78.1 Å². The smallest absolute Gasteiger partial charge is 0.273 e. The third-order valence-electron chi connectivity index (χ3n) is 7.56. The highest BCUT2D eigenvalue weighted by Crippen LogP contribution is 2.26. The van der Waals surface area contributed by atoms with Gasteiger partial charge in [-0.05, 0) is 68.1 Å². The van der Waals surface area contributed by atoms with E-state index in [0.717, 1.165) is 55.0 Å². The van der Waals surface area contributed by atoms with Crippen LogP contribution in [0.2, 0.25) is 0 Å². The lowest BCUT2D eigenvalue weighted by atomic mass is 9.99. The maximum absolute atomic E-state index is 13.5. The monoisotopic (exact) mass is 513 g/mol. The third kappa shape index (κ3) is 6.34. The summed E-state index contributed by atoms with van der Waals surface area (Å²) in [5, 5.41) is 7.19. The number of hydrogen-bond acceptors (Lipinski definition) is 6. The Hall–Kier alpha value is -3.42. The van der Waals surface area contributed by atoms with Crippen LogP contribution in [-0.4, -0.2) is 72.1 Å². The van der Waals surface area contributed by atoms with Crippen LogP contribution in [-0.2, 0) is 6.54 Å². The molecule has 2 atom stereocenters. The van der Waals surface area contributed by atoms with Gasteiger partial charge >= 0.3 is 0 Å². The Balaban J connectivity index is 1.21. The summed E-state index contributed by atoms with van der Waals surface area (Å²) < 4.78 is 5.24. The molecule has 2 fully saturated rings. The number of likely N-dealkylation sites (tertiary alicyclic amines) is 1. The summed E-state index contributed by atoms with van der Waals surface area (Å²) in [7, 11) is 1.67. The first-order valence-electron chi connectivity index (χ1n) is 13.7. The number of nitrogens with zero attached hydrogens (tertiary/aromatic N) is 3. The Morgan fingerprint density at radius 3 is 2.34 bits per heavy atom. The van der Waals surface area contributed by atoms with Gasteiger partial charge in [0.05, 0.1) is 7.11 Å². The van der Waals surface area contributed by atoms with E-state index in [4.69, 9.17) is 4.74 Å². The summed E-state index contributed by atoms with van der Waals surface area (Å²) in [6, 6.07) is 21.9. The molecule has 3 aromatic rings. The van der Waals surface area contributed by atoms with Crippen LogP contribution in [0.25, 0.3) is 11.1 Å². The van der Waals surface area contributed by atoms with Crippen LogP contribution in [0.3, 0.4) is 0 Å². The first kappa shape index (κ1) is 26.2. The second kappa shape index (κ2) is 12.0. The van der Waals surface area contributed by atoms with Crippen molar-refractivity contribution < 1.29 is 9.53 Å². The molecule has 7 nitrogen and oxygen atoms in total. The number of carbonyl (C=O) groups is 1. The number of anilines is 1. The molecule has 200 valence electrons. The number of ether oxygens (including phenoxy) is 1. The van der Waals surface area contributed by atoms with Crippen LogP contribution in [0, 0.1) is 0 Å². The molecule has 2 aliphatic heterocycles. The van der Waals surface area contributed by atoms with Gasteiger partial charge in [-0.1, -0.05) is 30.3 Å². The highest BCUT2D eigenvalue weighted by atomic mass is 16.5. The lowest BCUT2D eigenvalue weighted by Crippen LogP contribution is -2.53. The summed E-state index contributed by atoms with van der Waals surface area (Å²) in [5.41, 5.74) is 4.83. The molecule has 0 spiro atoms. The number of benzene rings is 2. The van der Waals surface area contributed by atoms with Gasteiger partial charge in [0.1, 0.15) is 11.4 Å². The number of carbonyl (C=O) groups excluding carboxylic acids is 1. The second-order valence-corrected chi connectivity index (χ2v) is 10.7. The lowest BCUT2D eigenvalue weighted by Gasteiger charge is -2.36. The van der Waals surface area contributed by atoms with Crippen LogP contribution in [0.5, 0.6) is 5.75 Å². The van der Waals surface area contributed by atoms with Gasteiger partial charge in [0, 0.05) is 68.3 Å². The Kier molecular flexibility index (Phi) is 8.25. The largest absolute Gasteiger partial charge is 0.497 e. The predicted molar refractivity (Wildman–Crippen MR) is 153 cm³/mol. The number of rotatable bonds is 7. The number of aromatic nitrogens is 1. The van der Waals surface area contributed by atoms with Crippen molar-refractivity contribution in [1.82, 2.24) is 20.1 Å². The number of hydrogen-bond donors (Lipinski definition) is 2. The van der Waals surface area contributed by atoms with Gasteiger partial charge in [0.25, 0.3) is 5.91 Å². The Morgan fingerprint density at radius 1 is 1.00 bits per heavy atom. The van der Waals surface area contributed by atoms with Crippen LogP contribution < -0.4 is 15.4 Å². The van der Waals surface area contributed by atoms with Crippen molar-refractivity contribution in [1.29, 1.82) is 0 Å². The Bertz CT molecular complexity index is 1200. The summed E-state index contributed by atoms with van der Waals surface area (Å²) in [6.45, 7) is 8.96. The van der Waals surface area contributed by atoms with E-state index in [1.54, 1.807) is 13.3 Å². The first-order valence-corrected chi connectivity index (χ1v) is 13.7. The van der Waals surface area contributed by atoms with Gasteiger partial charge in [0.2, 0.25) is 0 Å². The van der Waals surface area contributed by atoms with Gasteiger partial charge in [0.15, 0.2) is 0 Å². The van der Waals surface area contributed by atoms with E-state index in [9.17, 15) is 4.79 Å². The fourth-order valence-corrected chi connectivity index (χ4v) is 5.73. The second-order valence-electron chi connectivity index (χ2n) is 10.7. The predicted octanol–water partition coefficient (Wildman–Crippen LogP) is 4.66. The van der Waals surface area contributed by atoms with E-state index in [1.807, 2.05) is 41.3 Å². The molecule has 1 amide bonds. The molecule has 38 heavy (non-hydrogen) atoms. The molecule has 3 heterocycles. The Morgan fingerprint density at radius 2 is 1.68 bits per heavy atom. The van der Waals surface area contributed by atoms with Crippen molar-refractivity contribution in [3.63, 3.8) is 0 Å². The Labute approximate surface area is 226 Å². The van der Waals surface area contributed by atoms with E-state index in [0.29, 0.717) is 36.9 Å². The molecule has 0 bridgehead atoms. The summed E-state index contributed by atoms with van der Waals surface area (Å²) in [4.78, 5) is 22.5. The van der Waals surface area contributed by atoms with E-state index in [1.165, 1.54) is 5.56 Å². The number of piperidine rings is 1. The molecule has 7 heteroatoms. The van der Waals surface area contributed by atoms with Crippen molar-refractivity contribution >= 4 is 11.6 Å². The normalized spacial score (nSPS) is 20.8. The van der Waals surface area contributed by atoms with Crippen molar-refractivity contribution in [2.75, 3.05) is 38.6 Å². The number of methoxy groups -OCH3 is 1. The van der Waals surface area contributed by atoms with Crippen LogP contribution >= 0.6 is 0 Å². The van der Waals surface area contributed by atoms with Crippen LogP contribution in [0.1, 0.15) is 42.7 Å². The first-order chi connectivity index (χ1) is 18.5. The zero-order valence-corrected chi connectivity index (χ0v) is 22.7.